The molecule has 22 heavy (non-hydrogen) atoms. The lowest BCUT2D eigenvalue weighted by Gasteiger charge is -2.12. The number of thioether (sulfide) groups is 1. The van der Waals surface area contributed by atoms with Gasteiger partial charge in [0.15, 0.2) is 11.0 Å². The van der Waals surface area contributed by atoms with Gasteiger partial charge < -0.3 is 9.88 Å². The molecule has 0 unspecified atom stereocenters. The predicted molar refractivity (Wildman–Crippen MR) is 87.4 cm³/mol. The van der Waals surface area contributed by atoms with E-state index in [9.17, 15) is 4.79 Å². The molecule has 0 aliphatic carbocycles. The molecule has 1 atom stereocenters. The molecule has 7 heteroatoms. The van der Waals surface area contributed by atoms with Crippen LogP contribution in [-0.4, -0.2) is 37.5 Å². The van der Waals surface area contributed by atoms with Crippen molar-refractivity contribution in [2.45, 2.75) is 31.2 Å². The van der Waals surface area contributed by atoms with Crippen molar-refractivity contribution in [2.24, 2.45) is 13.0 Å². The molecule has 118 valence electrons. The van der Waals surface area contributed by atoms with Gasteiger partial charge in [0, 0.05) is 31.5 Å². The lowest BCUT2D eigenvalue weighted by molar-refractivity contribution is -0.120. The number of rotatable bonds is 6. The van der Waals surface area contributed by atoms with Crippen molar-refractivity contribution in [1.82, 2.24) is 25.1 Å². The fraction of sp³-hybridized carbons (Fsp3) is 0.467. The largest absolute Gasteiger partial charge is 0.355 e. The molecule has 0 spiro atoms. The molecular weight excluding hydrogens is 298 g/mol. The third-order valence-electron chi connectivity index (χ3n) is 3.11. The summed E-state index contributed by atoms with van der Waals surface area (Å²) in [5, 5.41) is 11.8. The van der Waals surface area contributed by atoms with Crippen molar-refractivity contribution < 1.29 is 4.79 Å². The van der Waals surface area contributed by atoms with Gasteiger partial charge in [0.25, 0.3) is 0 Å². The Morgan fingerprint density at radius 1 is 1.27 bits per heavy atom. The van der Waals surface area contributed by atoms with Crippen molar-refractivity contribution >= 4 is 17.7 Å². The van der Waals surface area contributed by atoms with E-state index in [0.29, 0.717) is 12.5 Å². The monoisotopic (exact) mass is 319 g/mol. The minimum atomic E-state index is -0.216. The molecule has 0 saturated carbocycles. The Hall–Kier alpha value is -1.89. The number of carbonyl (C=O) groups excluding carboxylic acids is 1. The van der Waals surface area contributed by atoms with Gasteiger partial charge >= 0.3 is 0 Å². The van der Waals surface area contributed by atoms with Crippen molar-refractivity contribution in [3.8, 4) is 11.4 Å². The van der Waals surface area contributed by atoms with Crippen LogP contribution < -0.4 is 5.32 Å². The molecule has 0 fully saturated rings. The number of hydrogen-bond donors (Lipinski definition) is 1. The SMILES string of the molecule is CC(C)CNC(=O)[C@@H](C)Sc1nnc(-c2ccncc2)n1C. The second-order valence-corrected chi connectivity index (χ2v) is 6.81. The first-order valence-corrected chi connectivity index (χ1v) is 8.11. The summed E-state index contributed by atoms with van der Waals surface area (Å²) in [6.45, 7) is 6.70. The average molecular weight is 319 g/mol. The summed E-state index contributed by atoms with van der Waals surface area (Å²) in [6.07, 6.45) is 3.44. The third-order valence-corrected chi connectivity index (χ3v) is 4.24. The summed E-state index contributed by atoms with van der Waals surface area (Å²) < 4.78 is 1.90. The van der Waals surface area contributed by atoms with E-state index in [1.807, 2.05) is 30.7 Å². The molecule has 0 radical (unpaired) electrons. The standard InChI is InChI=1S/C15H21N5OS/c1-10(2)9-17-14(21)11(3)22-15-19-18-13(20(15)4)12-5-7-16-8-6-12/h5-8,10-11H,9H2,1-4H3,(H,17,21)/t11-/m1/s1. The predicted octanol–water partition coefficient (Wildman–Crippen LogP) is 2.13. The molecule has 0 saturated heterocycles. The summed E-state index contributed by atoms with van der Waals surface area (Å²) in [4.78, 5) is 16.0. The molecule has 0 aliphatic rings. The van der Waals surface area contributed by atoms with E-state index < -0.39 is 0 Å². The van der Waals surface area contributed by atoms with Crippen molar-refractivity contribution in [3.05, 3.63) is 24.5 Å². The van der Waals surface area contributed by atoms with Gasteiger partial charge in [-0.1, -0.05) is 25.6 Å². The second kappa shape index (κ2) is 7.40. The van der Waals surface area contributed by atoms with Gasteiger partial charge in [-0.2, -0.15) is 0 Å². The molecule has 1 N–H and O–H groups in total. The summed E-state index contributed by atoms with van der Waals surface area (Å²) in [7, 11) is 1.90. The van der Waals surface area contributed by atoms with Crippen LogP contribution in [0.15, 0.2) is 29.7 Å². The fourth-order valence-electron chi connectivity index (χ4n) is 1.83. The third kappa shape index (κ3) is 4.07. The first kappa shape index (κ1) is 16.5. The molecule has 6 nitrogen and oxygen atoms in total. The first-order valence-electron chi connectivity index (χ1n) is 7.23. The Balaban J connectivity index is 2.05. The molecule has 2 aromatic heterocycles. The number of aromatic nitrogens is 4. The van der Waals surface area contributed by atoms with E-state index in [0.717, 1.165) is 16.5 Å². The van der Waals surface area contributed by atoms with Gasteiger partial charge in [-0.3, -0.25) is 9.78 Å². The topological polar surface area (TPSA) is 72.7 Å². The van der Waals surface area contributed by atoms with E-state index in [1.165, 1.54) is 11.8 Å². The average Bonchev–Trinajstić information content (AvgIpc) is 2.86. The quantitative estimate of drug-likeness (QED) is 0.826. The number of hydrogen-bond acceptors (Lipinski definition) is 5. The molecule has 2 heterocycles. The number of nitrogens with zero attached hydrogens (tertiary/aromatic N) is 4. The Morgan fingerprint density at radius 2 is 1.95 bits per heavy atom. The van der Waals surface area contributed by atoms with E-state index in [4.69, 9.17) is 0 Å². The van der Waals surface area contributed by atoms with Crippen LogP contribution in [-0.2, 0) is 11.8 Å². The number of amides is 1. The molecule has 0 aromatic carbocycles. The Labute approximate surface area is 134 Å². The highest BCUT2D eigenvalue weighted by Gasteiger charge is 2.19. The highest BCUT2D eigenvalue weighted by Crippen LogP contribution is 2.25. The van der Waals surface area contributed by atoms with Crippen LogP contribution in [0.1, 0.15) is 20.8 Å². The summed E-state index contributed by atoms with van der Waals surface area (Å²) in [5.74, 6) is 1.22. The van der Waals surface area contributed by atoms with E-state index >= 15 is 0 Å². The van der Waals surface area contributed by atoms with Gasteiger partial charge in [0.1, 0.15) is 0 Å². The minimum Gasteiger partial charge on any atom is -0.355 e. The van der Waals surface area contributed by atoms with Gasteiger partial charge in [-0.25, -0.2) is 0 Å². The molecule has 0 aliphatic heterocycles. The molecule has 0 bridgehead atoms. The van der Waals surface area contributed by atoms with Crippen molar-refractivity contribution in [2.75, 3.05) is 6.54 Å². The van der Waals surface area contributed by atoms with Crippen LogP contribution in [0.25, 0.3) is 11.4 Å². The van der Waals surface area contributed by atoms with E-state index in [-0.39, 0.29) is 11.2 Å². The summed E-state index contributed by atoms with van der Waals surface area (Å²) >= 11 is 1.41. The molecule has 2 rings (SSSR count). The molecular formula is C15H21N5OS. The Bertz CT molecular complexity index is 626. The van der Waals surface area contributed by atoms with Gasteiger partial charge in [0.05, 0.1) is 5.25 Å². The normalized spacial score (nSPS) is 12.4. The highest BCUT2D eigenvalue weighted by atomic mass is 32.2. The molecule has 2 aromatic rings. The summed E-state index contributed by atoms with van der Waals surface area (Å²) in [6, 6.07) is 3.77. The van der Waals surface area contributed by atoms with Crippen LogP contribution in [0.2, 0.25) is 0 Å². The zero-order valence-corrected chi connectivity index (χ0v) is 14.1. The Morgan fingerprint density at radius 3 is 2.59 bits per heavy atom. The molecule has 1 amide bonds. The zero-order valence-electron chi connectivity index (χ0n) is 13.3. The maximum absolute atomic E-state index is 12.0. The maximum atomic E-state index is 12.0. The number of nitrogens with one attached hydrogen (secondary N) is 1. The van der Waals surface area contributed by atoms with Crippen LogP contribution in [0.5, 0.6) is 0 Å². The maximum Gasteiger partial charge on any atom is 0.233 e. The number of carbonyl (C=O) groups is 1. The van der Waals surface area contributed by atoms with Crippen LogP contribution >= 0.6 is 11.8 Å². The highest BCUT2D eigenvalue weighted by molar-refractivity contribution is 8.00. The van der Waals surface area contributed by atoms with Crippen LogP contribution in [0, 0.1) is 5.92 Å². The lowest BCUT2D eigenvalue weighted by Crippen LogP contribution is -2.33. The smallest absolute Gasteiger partial charge is 0.233 e. The Kier molecular flexibility index (Phi) is 5.54. The van der Waals surface area contributed by atoms with Crippen LogP contribution in [0.4, 0.5) is 0 Å². The second-order valence-electron chi connectivity index (χ2n) is 5.50. The van der Waals surface area contributed by atoms with Gasteiger partial charge in [-0.15, -0.1) is 10.2 Å². The van der Waals surface area contributed by atoms with E-state index in [1.54, 1.807) is 12.4 Å². The van der Waals surface area contributed by atoms with Gasteiger partial charge in [-0.05, 0) is 25.0 Å². The number of pyridine rings is 1. The minimum absolute atomic E-state index is 0.0205. The zero-order chi connectivity index (χ0) is 16.1. The lowest BCUT2D eigenvalue weighted by atomic mass is 10.2. The fourth-order valence-corrected chi connectivity index (χ4v) is 2.67. The first-order chi connectivity index (χ1) is 10.5. The van der Waals surface area contributed by atoms with Crippen molar-refractivity contribution in [3.63, 3.8) is 0 Å². The van der Waals surface area contributed by atoms with Crippen molar-refractivity contribution in [1.29, 1.82) is 0 Å². The van der Waals surface area contributed by atoms with E-state index in [2.05, 4.69) is 34.3 Å². The van der Waals surface area contributed by atoms with Gasteiger partial charge in [0.2, 0.25) is 5.91 Å². The van der Waals surface area contributed by atoms with Crippen LogP contribution in [0.3, 0.4) is 0 Å². The summed E-state index contributed by atoms with van der Waals surface area (Å²) in [5.41, 5.74) is 0.953.